The Kier molecular flexibility index (Phi) is 12.6. The Morgan fingerprint density at radius 2 is 0.904 bits per heavy atom. The lowest BCUT2D eigenvalue weighted by Crippen LogP contribution is -2.24. The lowest BCUT2D eigenvalue weighted by Gasteiger charge is -2.22. The Hall–Kier alpha value is -4.92. The van der Waals surface area contributed by atoms with Crippen LogP contribution in [0.15, 0.2) is 102 Å². The molecule has 0 bridgehead atoms. The maximum atomic E-state index is 13.3. The van der Waals surface area contributed by atoms with Crippen LogP contribution in [0.4, 0.5) is 13.2 Å². The molecule has 270 valence electrons. The fourth-order valence-electron chi connectivity index (χ4n) is 6.83. The lowest BCUT2D eigenvalue weighted by atomic mass is 9.87. The molecule has 2 fully saturated rings. The molecular weight excluding hydrogens is 661 g/mol. The molecule has 0 amide bonds. The molecule has 2 N–H and O–H groups in total. The monoisotopic (exact) mass is 706 g/mol. The first-order valence-electron chi connectivity index (χ1n) is 17.7. The van der Waals surface area contributed by atoms with E-state index in [0.717, 1.165) is 90.8 Å². The third-order valence-electron chi connectivity index (χ3n) is 9.53. The summed E-state index contributed by atoms with van der Waals surface area (Å²) < 4.78 is 40.0. The van der Waals surface area contributed by atoms with Crippen LogP contribution in [0.5, 0.6) is 0 Å². The van der Waals surface area contributed by atoms with E-state index in [1.54, 1.807) is 39.0 Å². The summed E-state index contributed by atoms with van der Waals surface area (Å²) in [7, 11) is 0. The highest BCUT2D eigenvalue weighted by atomic mass is 19.4. The van der Waals surface area contributed by atoms with Gasteiger partial charge in [-0.05, 0) is 137 Å². The second kappa shape index (κ2) is 17.1. The molecule has 52 heavy (non-hydrogen) atoms. The molecule has 2 saturated heterocycles. The molecule has 2 heterocycles. The van der Waals surface area contributed by atoms with Gasteiger partial charge in [-0.25, -0.2) is 0 Å². The minimum Gasteiger partial charge on any atom is -0.316 e. The molecular formula is C44H45F3N2O3. The fourth-order valence-corrected chi connectivity index (χ4v) is 6.83. The number of carbonyl (C=O) groups excluding carboxylic acids is 3. The van der Waals surface area contributed by atoms with Crippen molar-refractivity contribution in [2.75, 3.05) is 26.2 Å². The van der Waals surface area contributed by atoms with E-state index in [9.17, 15) is 27.6 Å². The predicted octanol–water partition coefficient (Wildman–Crippen LogP) is 9.68. The maximum absolute atomic E-state index is 13.3. The van der Waals surface area contributed by atoms with E-state index in [0.29, 0.717) is 16.7 Å². The Bertz CT molecular complexity index is 1990. The number of benzene rings is 4. The van der Waals surface area contributed by atoms with Crippen LogP contribution in [0, 0.1) is 6.92 Å². The molecule has 4 aromatic rings. The number of rotatable bonds is 7. The maximum Gasteiger partial charge on any atom is 0.416 e. The van der Waals surface area contributed by atoms with Gasteiger partial charge in [-0.1, -0.05) is 83.9 Å². The van der Waals surface area contributed by atoms with E-state index in [2.05, 4.69) is 16.7 Å². The van der Waals surface area contributed by atoms with E-state index in [-0.39, 0.29) is 17.3 Å². The minimum atomic E-state index is -4.39. The van der Waals surface area contributed by atoms with Crippen molar-refractivity contribution < 1.29 is 27.6 Å². The van der Waals surface area contributed by atoms with Crippen molar-refractivity contribution in [3.63, 3.8) is 0 Å². The quantitative estimate of drug-likeness (QED) is 0.187. The van der Waals surface area contributed by atoms with E-state index < -0.39 is 11.7 Å². The van der Waals surface area contributed by atoms with Gasteiger partial charge in [0.05, 0.1) is 5.56 Å². The van der Waals surface area contributed by atoms with Crippen LogP contribution >= 0.6 is 0 Å². The zero-order valence-electron chi connectivity index (χ0n) is 30.2. The number of hydrogen-bond donors (Lipinski definition) is 2. The van der Waals surface area contributed by atoms with Crippen molar-refractivity contribution in [3.8, 4) is 0 Å². The van der Waals surface area contributed by atoms with Gasteiger partial charge < -0.3 is 10.6 Å². The fraction of sp³-hybridized carbons (Fsp3) is 0.295. The summed E-state index contributed by atoms with van der Waals surface area (Å²) >= 11 is 0. The molecule has 6 rings (SSSR count). The molecule has 0 atom stereocenters. The van der Waals surface area contributed by atoms with Crippen molar-refractivity contribution in [2.45, 2.75) is 59.6 Å². The SMILES string of the molecule is CC(=O)c1ccc(C(=C2CCNCC2)c2cc(C)cc(C(F)(F)F)c2)cc1.CC(=O)c1ccc(C(=C2CCNCC2)c2cccc(C(C)=O)c2)cc1. The summed E-state index contributed by atoms with van der Waals surface area (Å²) in [5.41, 5.74) is 10.2. The largest absolute Gasteiger partial charge is 0.416 e. The van der Waals surface area contributed by atoms with Crippen LogP contribution in [-0.2, 0) is 6.18 Å². The van der Waals surface area contributed by atoms with Crippen LogP contribution in [0.3, 0.4) is 0 Å². The van der Waals surface area contributed by atoms with Crippen LogP contribution in [0.2, 0.25) is 0 Å². The van der Waals surface area contributed by atoms with Crippen molar-refractivity contribution >= 4 is 28.5 Å². The van der Waals surface area contributed by atoms with Gasteiger partial charge in [0.15, 0.2) is 17.3 Å². The summed E-state index contributed by atoms with van der Waals surface area (Å²) in [6.45, 7) is 9.91. The average molecular weight is 707 g/mol. The van der Waals surface area contributed by atoms with Crippen LogP contribution < -0.4 is 10.6 Å². The zero-order chi connectivity index (χ0) is 37.4. The smallest absolute Gasteiger partial charge is 0.316 e. The summed E-state index contributed by atoms with van der Waals surface area (Å²) in [5, 5.41) is 6.68. The number of aryl methyl sites for hydroxylation is 1. The predicted molar refractivity (Wildman–Crippen MR) is 202 cm³/mol. The van der Waals surface area contributed by atoms with Gasteiger partial charge in [-0.3, -0.25) is 14.4 Å². The summed E-state index contributed by atoms with van der Waals surface area (Å²) in [6.07, 6.45) is -0.816. The normalized spacial score (nSPS) is 14.6. The number of carbonyl (C=O) groups is 3. The lowest BCUT2D eigenvalue weighted by molar-refractivity contribution is -0.137. The second-order valence-corrected chi connectivity index (χ2v) is 13.4. The highest BCUT2D eigenvalue weighted by Crippen LogP contribution is 2.37. The molecule has 5 nitrogen and oxygen atoms in total. The molecule has 0 unspecified atom stereocenters. The third-order valence-corrected chi connectivity index (χ3v) is 9.53. The number of halogens is 3. The second-order valence-electron chi connectivity index (χ2n) is 13.4. The summed E-state index contributed by atoms with van der Waals surface area (Å²) in [6, 6.07) is 27.0. The van der Waals surface area contributed by atoms with E-state index in [1.807, 2.05) is 54.6 Å². The third kappa shape index (κ3) is 9.69. The molecule has 2 aliphatic heterocycles. The van der Waals surface area contributed by atoms with Gasteiger partial charge in [0.1, 0.15) is 0 Å². The molecule has 0 aliphatic carbocycles. The van der Waals surface area contributed by atoms with Crippen LogP contribution in [-0.4, -0.2) is 43.5 Å². The Morgan fingerprint density at radius 1 is 0.500 bits per heavy atom. The molecule has 0 spiro atoms. The van der Waals surface area contributed by atoms with Crippen LogP contribution in [0.25, 0.3) is 11.1 Å². The number of piperidine rings is 2. The Morgan fingerprint density at radius 3 is 1.33 bits per heavy atom. The molecule has 0 radical (unpaired) electrons. The highest BCUT2D eigenvalue weighted by Gasteiger charge is 2.31. The molecule has 4 aromatic carbocycles. The summed E-state index contributed by atoms with van der Waals surface area (Å²) in [4.78, 5) is 34.9. The molecule has 0 aromatic heterocycles. The van der Waals surface area contributed by atoms with Gasteiger partial charge in [0, 0.05) is 16.7 Å². The minimum absolute atomic E-state index is 0.0347. The molecule has 8 heteroatoms. The van der Waals surface area contributed by atoms with Crippen LogP contribution in [0.1, 0.15) is 111 Å². The van der Waals surface area contributed by atoms with Crippen molar-refractivity contribution in [1.29, 1.82) is 0 Å². The van der Waals surface area contributed by atoms with Crippen molar-refractivity contribution in [2.24, 2.45) is 0 Å². The Balaban J connectivity index is 0.000000202. The Labute approximate surface area is 304 Å². The number of hydrogen-bond acceptors (Lipinski definition) is 5. The first-order valence-corrected chi connectivity index (χ1v) is 17.7. The van der Waals surface area contributed by atoms with E-state index in [4.69, 9.17) is 0 Å². The van der Waals surface area contributed by atoms with E-state index in [1.165, 1.54) is 30.2 Å². The number of nitrogens with one attached hydrogen (secondary N) is 2. The van der Waals surface area contributed by atoms with E-state index >= 15 is 0 Å². The number of alkyl halides is 3. The van der Waals surface area contributed by atoms with Crippen molar-refractivity contribution in [1.82, 2.24) is 10.6 Å². The standard InChI is InChI=1S/C22H22F3NO.C22H23NO2/c1-14-11-19(13-20(12-14)22(23,24)25)21(18-7-9-26-10-8-18)17-5-3-16(4-6-17)15(2)27;1-15(24)17-6-8-18(9-7-17)22(19-10-12-23-13-11-19)21-5-3-4-20(14-21)16(2)25/h3-6,11-13,26H,7-10H2,1-2H3;3-9,14,23H,10-13H2,1-2H3. The zero-order valence-corrected chi connectivity index (χ0v) is 30.2. The van der Waals surface area contributed by atoms with Gasteiger partial charge in [0.2, 0.25) is 0 Å². The topological polar surface area (TPSA) is 75.3 Å². The molecule has 0 saturated carbocycles. The van der Waals surface area contributed by atoms with Gasteiger partial charge in [-0.2, -0.15) is 13.2 Å². The van der Waals surface area contributed by atoms with Gasteiger partial charge >= 0.3 is 6.18 Å². The van der Waals surface area contributed by atoms with Gasteiger partial charge in [0.25, 0.3) is 0 Å². The average Bonchev–Trinajstić information content (AvgIpc) is 3.13. The summed E-state index contributed by atoms with van der Waals surface area (Å²) in [5.74, 6) is 0.108. The molecule has 2 aliphatic rings. The van der Waals surface area contributed by atoms with Crippen molar-refractivity contribution in [3.05, 3.63) is 152 Å². The van der Waals surface area contributed by atoms with Gasteiger partial charge in [-0.15, -0.1) is 0 Å². The number of ketones is 3. The highest BCUT2D eigenvalue weighted by molar-refractivity contribution is 5.97. The first kappa shape index (κ1) is 38.3. The first-order chi connectivity index (χ1) is 24.8. The number of Topliss-reactive ketones (excluding diaryl/α,β-unsaturated/α-hetero) is 3.